The largest absolute Gasteiger partial charge is 0.343 e. The Morgan fingerprint density at radius 1 is 1.19 bits per heavy atom. The number of fused-ring (bicyclic) bond motifs is 1. The summed E-state index contributed by atoms with van der Waals surface area (Å²) in [5.41, 5.74) is -0.0273. The quantitative estimate of drug-likeness (QED) is 0.718. The van der Waals surface area contributed by atoms with Gasteiger partial charge in [0.15, 0.2) is 0 Å². The van der Waals surface area contributed by atoms with Gasteiger partial charge in [-0.3, -0.25) is 19.3 Å². The minimum atomic E-state index is -0.298. The molecule has 1 atom stereocenters. The Kier molecular flexibility index (Phi) is 3.50. The van der Waals surface area contributed by atoms with E-state index >= 15 is 0 Å². The van der Waals surface area contributed by atoms with Crippen molar-refractivity contribution in [3.8, 4) is 0 Å². The predicted molar refractivity (Wildman–Crippen MR) is 76.0 cm³/mol. The fourth-order valence-corrected chi connectivity index (χ4v) is 2.89. The molecule has 0 aromatic carbocycles. The van der Waals surface area contributed by atoms with Gasteiger partial charge in [-0.05, 0) is 6.07 Å². The molecule has 7 nitrogen and oxygen atoms in total. The number of likely N-dealkylation sites (N-methyl/N-ethyl adjacent to an activating group) is 1. The SMILES string of the molecule is CN1CCN2CCN(C(=O)c3cccc(=O)[nH]3)CC2C1=O. The van der Waals surface area contributed by atoms with Crippen molar-refractivity contribution in [3.63, 3.8) is 0 Å². The molecule has 0 saturated carbocycles. The van der Waals surface area contributed by atoms with Crippen molar-refractivity contribution < 1.29 is 9.59 Å². The average Bonchev–Trinajstić information content (AvgIpc) is 2.50. The van der Waals surface area contributed by atoms with E-state index in [0.717, 1.165) is 13.1 Å². The molecular weight excluding hydrogens is 272 g/mol. The molecule has 2 amide bonds. The van der Waals surface area contributed by atoms with Crippen LogP contribution >= 0.6 is 0 Å². The Morgan fingerprint density at radius 3 is 2.71 bits per heavy atom. The average molecular weight is 290 g/mol. The van der Waals surface area contributed by atoms with E-state index in [2.05, 4.69) is 9.88 Å². The molecule has 3 rings (SSSR count). The van der Waals surface area contributed by atoms with Crippen LogP contribution in [0.15, 0.2) is 23.0 Å². The minimum Gasteiger partial charge on any atom is -0.343 e. The third-order valence-corrected chi connectivity index (χ3v) is 4.16. The maximum atomic E-state index is 12.4. The zero-order valence-electron chi connectivity index (χ0n) is 11.9. The highest BCUT2D eigenvalue weighted by Gasteiger charge is 2.38. The summed E-state index contributed by atoms with van der Waals surface area (Å²) in [6, 6.07) is 4.25. The summed E-state index contributed by atoms with van der Waals surface area (Å²) in [5.74, 6) is -0.173. The van der Waals surface area contributed by atoms with Gasteiger partial charge < -0.3 is 14.8 Å². The smallest absolute Gasteiger partial charge is 0.270 e. The van der Waals surface area contributed by atoms with Crippen LogP contribution in [-0.4, -0.2) is 77.3 Å². The molecule has 2 aliphatic heterocycles. The zero-order chi connectivity index (χ0) is 15.0. The number of aromatic amines is 1. The molecule has 0 radical (unpaired) electrons. The van der Waals surface area contributed by atoms with Crippen molar-refractivity contribution in [2.24, 2.45) is 0 Å². The van der Waals surface area contributed by atoms with Crippen LogP contribution in [0.4, 0.5) is 0 Å². The van der Waals surface area contributed by atoms with E-state index in [4.69, 9.17) is 0 Å². The molecule has 2 saturated heterocycles. The number of carbonyl (C=O) groups is 2. The van der Waals surface area contributed by atoms with Crippen LogP contribution in [0.1, 0.15) is 10.5 Å². The number of nitrogens with one attached hydrogen (secondary N) is 1. The van der Waals surface area contributed by atoms with E-state index in [0.29, 0.717) is 19.6 Å². The Labute approximate surface area is 122 Å². The third kappa shape index (κ3) is 2.56. The van der Waals surface area contributed by atoms with Gasteiger partial charge in [-0.15, -0.1) is 0 Å². The molecule has 1 N–H and O–H groups in total. The fraction of sp³-hybridized carbons (Fsp3) is 0.500. The maximum absolute atomic E-state index is 12.4. The number of piperazine rings is 2. The number of hydrogen-bond acceptors (Lipinski definition) is 4. The van der Waals surface area contributed by atoms with Gasteiger partial charge in [0.1, 0.15) is 11.7 Å². The number of carbonyl (C=O) groups excluding carboxylic acids is 2. The molecule has 0 bridgehead atoms. The van der Waals surface area contributed by atoms with Crippen LogP contribution in [-0.2, 0) is 4.79 Å². The zero-order valence-corrected chi connectivity index (χ0v) is 11.9. The molecule has 112 valence electrons. The number of rotatable bonds is 1. The number of amides is 2. The van der Waals surface area contributed by atoms with E-state index in [-0.39, 0.29) is 29.1 Å². The number of nitrogens with zero attached hydrogens (tertiary/aromatic N) is 3. The lowest BCUT2D eigenvalue weighted by atomic mass is 10.1. The van der Waals surface area contributed by atoms with Crippen LogP contribution in [0.5, 0.6) is 0 Å². The van der Waals surface area contributed by atoms with E-state index in [9.17, 15) is 14.4 Å². The minimum absolute atomic E-state index is 0.0558. The van der Waals surface area contributed by atoms with Crippen LogP contribution in [0.2, 0.25) is 0 Å². The molecule has 1 unspecified atom stereocenters. The van der Waals surface area contributed by atoms with Crippen LogP contribution in [0, 0.1) is 0 Å². The van der Waals surface area contributed by atoms with Crippen LogP contribution in [0.3, 0.4) is 0 Å². The second kappa shape index (κ2) is 5.33. The van der Waals surface area contributed by atoms with E-state index in [1.165, 1.54) is 6.07 Å². The van der Waals surface area contributed by atoms with Crippen LogP contribution in [0.25, 0.3) is 0 Å². The fourth-order valence-electron chi connectivity index (χ4n) is 2.89. The lowest BCUT2D eigenvalue weighted by Crippen LogP contribution is -2.64. The molecule has 2 fully saturated rings. The summed E-state index contributed by atoms with van der Waals surface area (Å²) in [5, 5.41) is 0. The van der Waals surface area contributed by atoms with Gasteiger partial charge in [0, 0.05) is 45.8 Å². The highest BCUT2D eigenvalue weighted by molar-refractivity contribution is 5.93. The van der Waals surface area contributed by atoms with Crippen molar-refractivity contribution in [1.29, 1.82) is 0 Å². The topological polar surface area (TPSA) is 76.7 Å². The molecular formula is C14H18N4O3. The van der Waals surface area contributed by atoms with E-state index < -0.39 is 0 Å². The molecule has 7 heteroatoms. The lowest BCUT2D eigenvalue weighted by Gasteiger charge is -2.45. The highest BCUT2D eigenvalue weighted by atomic mass is 16.2. The van der Waals surface area contributed by atoms with Gasteiger partial charge in [0.2, 0.25) is 11.5 Å². The summed E-state index contributed by atoms with van der Waals surface area (Å²) in [4.78, 5) is 44.0. The Balaban J connectivity index is 1.77. The normalized spacial score (nSPS) is 23.1. The Bertz CT molecular complexity index is 627. The van der Waals surface area contributed by atoms with Crippen molar-refractivity contribution in [2.75, 3.05) is 39.8 Å². The lowest BCUT2D eigenvalue weighted by molar-refractivity contribution is -0.142. The first-order valence-electron chi connectivity index (χ1n) is 7.04. The van der Waals surface area contributed by atoms with E-state index in [1.807, 2.05) is 0 Å². The summed E-state index contributed by atoms with van der Waals surface area (Å²) >= 11 is 0. The van der Waals surface area contributed by atoms with Crippen molar-refractivity contribution in [1.82, 2.24) is 19.7 Å². The number of pyridine rings is 1. The monoisotopic (exact) mass is 290 g/mol. The number of H-pyrrole nitrogens is 1. The summed E-state index contributed by atoms with van der Waals surface area (Å²) < 4.78 is 0. The third-order valence-electron chi connectivity index (χ3n) is 4.16. The maximum Gasteiger partial charge on any atom is 0.270 e. The van der Waals surface area contributed by atoms with Crippen molar-refractivity contribution in [3.05, 3.63) is 34.2 Å². The van der Waals surface area contributed by atoms with Gasteiger partial charge in [-0.1, -0.05) is 6.07 Å². The molecule has 21 heavy (non-hydrogen) atoms. The number of hydrogen-bond donors (Lipinski definition) is 1. The second-order valence-electron chi connectivity index (χ2n) is 5.49. The summed E-state index contributed by atoms with van der Waals surface area (Å²) in [7, 11) is 1.79. The highest BCUT2D eigenvalue weighted by Crippen LogP contribution is 2.17. The Morgan fingerprint density at radius 2 is 1.95 bits per heavy atom. The van der Waals surface area contributed by atoms with Gasteiger partial charge >= 0.3 is 0 Å². The van der Waals surface area contributed by atoms with Crippen molar-refractivity contribution in [2.45, 2.75) is 6.04 Å². The molecule has 0 spiro atoms. The molecule has 2 aliphatic rings. The standard InChI is InChI=1S/C14H18N4O3/c1-16-5-6-17-7-8-18(9-11(17)14(16)21)13(20)10-3-2-4-12(19)15-10/h2-4,11H,5-9H2,1H3,(H,15,19). The van der Waals surface area contributed by atoms with Gasteiger partial charge in [-0.25, -0.2) is 0 Å². The van der Waals surface area contributed by atoms with Gasteiger partial charge in [0.05, 0.1) is 0 Å². The van der Waals surface area contributed by atoms with Crippen LogP contribution < -0.4 is 5.56 Å². The van der Waals surface area contributed by atoms with Gasteiger partial charge in [0.25, 0.3) is 5.91 Å². The Hall–Kier alpha value is -2.15. The molecule has 1 aromatic heterocycles. The summed E-state index contributed by atoms with van der Waals surface area (Å²) in [6.07, 6.45) is 0. The first kappa shape index (κ1) is 13.8. The first-order chi connectivity index (χ1) is 10.1. The molecule has 3 heterocycles. The first-order valence-corrected chi connectivity index (χ1v) is 7.04. The second-order valence-corrected chi connectivity index (χ2v) is 5.49. The van der Waals surface area contributed by atoms with Crippen molar-refractivity contribution >= 4 is 11.8 Å². The molecule has 0 aliphatic carbocycles. The van der Waals surface area contributed by atoms with Gasteiger partial charge in [-0.2, -0.15) is 0 Å². The number of aromatic nitrogens is 1. The van der Waals surface area contributed by atoms with E-state index in [1.54, 1.807) is 29.0 Å². The molecule has 1 aromatic rings. The predicted octanol–water partition coefficient (Wildman–Crippen LogP) is -1.03. The summed E-state index contributed by atoms with van der Waals surface area (Å²) in [6.45, 7) is 3.21.